The molecule has 0 spiro atoms. The van der Waals surface area contributed by atoms with Crippen molar-refractivity contribution in [2.75, 3.05) is 31.2 Å². The van der Waals surface area contributed by atoms with Crippen LogP contribution in [0.3, 0.4) is 0 Å². The van der Waals surface area contributed by atoms with Gasteiger partial charge in [-0.1, -0.05) is 5.10 Å². The fraction of sp³-hybridized carbons (Fsp3) is 0.778. The lowest BCUT2D eigenvalue weighted by atomic mass is 10.4. The highest BCUT2D eigenvalue weighted by atomic mass is 35.5. The van der Waals surface area contributed by atoms with Crippen molar-refractivity contribution in [3.8, 4) is 0 Å². The molecule has 0 bridgehead atoms. The molecule has 1 aliphatic rings. The summed E-state index contributed by atoms with van der Waals surface area (Å²) in [5, 5.41) is 7.62. The normalized spacial score (nSPS) is 20.0. The minimum Gasteiger partial charge on any atom is -0.406 e. The molecule has 1 atom stereocenters. The van der Waals surface area contributed by atoms with E-state index in [-0.39, 0.29) is 5.38 Å². The van der Waals surface area contributed by atoms with E-state index >= 15 is 0 Å². The number of nitrogens with zero attached hydrogens (tertiary/aromatic N) is 3. The number of hydrogen-bond donors (Lipinski definition) is 0. The Morgan fingerprint density at radius 1 is 1.33 bits per heavy atom. The van der Waals surface area contributed by atoms with E-state index in [1.165, 1.54) is 0 Å². The molecule has 1 saturated heterocycles. The van der Waals surface area contributed by atoms with Gasteiger partial charge in [0, 0.05) is 19.7 Å². The molecular weight excluding hydrogens is 218 g/mol. The van der Waals surface area contributed by atoms with Gasteiger partial charge in [0.05, 0.1) is 6.61 Å². The highest BCUT2D eigenvalue weighted by molar-refractivity contribution is 6.20. The van der Waals surface area contributed by atoms with E-state index in [2.05, 4.69) is 10.2 Å². The molecule has 0 amide bonds. The van der Waals surface area contributed by atoms with Gasteiger partial charge in [-0.15, -0.1) is 16.7 Å². The summed E-state index contributed by atoms with van der Waals surface area (Å²) in [6.45, 7) is 4.98. The highest BCUT2D eigenvalue weighted by Crippen LogP contribution is 2.21. The lowest BCUT2D eigenvalue weighted by Gasteiger charge is -2.15. The summed E-state index contributed by atoms with van der Waals surface area (Å²) in [7, 11) is 0. The van der Waals surface area contributed by atoms with Crippen LogP contribution in [0.1, 0.15) is 24.6 Å². The number of aromatic nitrogens is 2. The van der Waals surface area contributed by atoms with Crippen molar-refractivity contribution in [1.29, 1.82) is 0 Å². The van der Waals surface area contributed by atoms with Crippen LogP contribution in [0.5, 0.6) is 0 Å². The van der Waals surface area contributed by atoms with E-state index in [1.54, 1.807) is 0 Å². The Morgan fingerprint density at radius 3 is 2.93 bits per heavy atom. The van der Waals surface area contributed by atoms with Crippen molar-refractivity contribution in [3.05, 3.63) is 5.89 Å². The molecule has 1 aromatic rings. The van der Waals surface area contributed by atoms with Gasteiger partial charge in [-0.3, -0.25) is 0 Å². The van der Waals surface area contributed by atoms with E-state index in [9.17, 15) is 0 Å². The lowest BCUT2D eigenvalue weighted by molar-refractivity contribution is 0.152. The van der Waals surface area contributed by atoms with Gasteiger partial charge in [0.15, 0.2) is 0 Å². The van der Waals surface area contributed by atoms with E-state index in [0.717, 1.165) is 26.1 Å². The Morgan fingerprint density at radius 2 is 2.20 bits per heavy atom. The molecular formula is C9H14ClN3O2. The summed E-state index contributed by atoms with van der Waals surface area (Å²) in [5.41, 5.74) is 0. The molecule has 0 radical (unpaired) electrons. The maximum atomic E-state index is 5.85. The topological polar surface area (TPSA) is 51.4 Å². The molecule has 0 aliphatic carbocycles. The predicted octanol–water partition coefficient (Wildman–Crippen LogP) is 1.60. The average molecular weight is 232 g/mol. The number of rotatable bonds is 2. The third-order valence-corrected chi connectivity index (χ3v) is 2.45. The number of alkyl halides is 1. The summed E-state index contributed by atoms with van der Waals surface area (Å²) in [4.78, 5) is 2.03. The molecule has 5 nitrogen and oxygen atoms in total. The number of ether oxygens (including phenoxy) is 1. The first-order valence-corrected chi connectivity index (χ1v) is 5.51. The SMILES string of the molecule is CC(Cl)c1nnc(N2CCCOCC2)o1. The lowest BCUT2D eigenvalue weighted by Crippen LogP contribution is -2.26. The third kappa shape index (κ3) is 2.60. The molecule has 15 heavy (non-hydrogen) atoms. The maximum absolute atomic E-state index is 5.85. The molecule has 1 aromatic heterocycles. The smallest absolute Gasteiger partial charge is 0.318 e. The highest BCUT2D eigenvalue weighted by Gasteiger charge is 2.17. The van der Waals surface area contributed by atoms with Crippen LogP contribution in [0.15, 0.2) is 4.42 Å². The van der Waals surface area contributed by atoms with E-state index in [4.69, 9.17) is 20.8 Å². The van der Waals surface area contributed by atoms with Gasteiger partial charge in [0.1, 0.15) is 5.38 Å². The van der Waals surface area contributed by atoms with E-state index in [1.807, 2.05) is 11.8 Å². The van der Waals surface area contributed by atoms with Crippen LogP contribution in [0.2, 0.25) is 0 Å². The Hall–Kier alpha value is -0.810. The maximum Gasteiger partial charge on any atom is 0.318 e. The zero-order valence-electron chi connectivity index (χ0n) is 8.65. The Labute approximate surface area is 93.4 Å². The molecule has 2 heterocycles. The van der Waals surface area contributed by atoms with Crippen molar-refractivity contribution in [2.24, 2.45) is 0 Å². The predicted molar refractivity (Wildman–Crippen MR) is 56.2 cm³/mol. The zero-order chi connectivity index (χ0) is 10.7. The van der Waals surface area contributed by atoms with Crippen LogP contribution in [0.25, 0.3) is 0 Å². The van der Waals surface area contributed by atoms with E-state index < -0.39 is 0 Å². The summed E-state index contributed by atoms with van der Waals surface area (Å²) >= 11 is 5.85. The second kappa shape index (κ2) is 4.81. The molecule has 0 aromatic carbocycles. The first-order chi connectivity index (χ1) is 7.27. The van der Waals surface area contributed by atoms with Crippen molar-refractivity contribution in [2.45, 2.75) is 18.7 Å². The fourth-order valence-corrected chi connectivity index (χ4v) is 1.54. The first kappa shape index (κ1) is 10.7. The summed E-state index contributed by atoms with van der Waals surface area (Å²) in [6.07, 6.45) is 0.980. The third-order valence-electron chi connectivity index (χ3n) is 2.26. The van der Waals surface area contributed by atoms with E-state index in [0.29, 0.717) is 18.5 Å². The average Bonchev–Trinajstić information content (AvgIpc) is 2.55. The Bertz CT molecular complexity index is 308. The van der Waals surface area contributed by atoms with Gasteiger partial charge < -0.3 is 14.1 Å². The molecule has 0 saturated carbocycles. The number of halogens is 1. The summed E-state index contributed by atoms with van der Waals surface area (Å²) < 4.78 is 10.8. The van der Waals surface area contributed by atoms with Crippen molar-refractivity contribution < 1.29 is 9.15 Å². The molecule has 0 N–H and O–H groups in total. The van der Waals surface area contributed by atoms with Gasteiger partial charge in [-0.25, -0.2) is 0 Å². The van der Waals surface area contributed by atoms with Crippen LogP contribution in [0.4, 0.5) is 6.01 Å². The van der Waals surface area contributed by atoms with Crippen LogP contribution < -0.4 is 4.90 Å². The minimum absolute atomic E-state index is 0.241. The van der Waals surface area contributed by atoms with Crippen molar-refractivity contribution in [3.63, 3.8) is 0 Å². The zero-order valence-corrected chi connectivity index (χ0v) is 9.40. The second-order valence-corrected chi connectivity index (χ2v) is 4.15. The molecule has 1 aliphatic heterocycles. The van der Waals surface area contributed by atoms with Gasteiger partial charge in [-0.05, 0) is 13.3 Å². The van der Waals surface area contributed by atoms with Crippen molar-refractivity contribution in [1.82, 2.24) is 10.2 Å². The van der Waals surface area contributed by atoms with Gasteiger partial charge >= 0.3 is 6.01 Å². The fourth-order valence-electron chi connectivity index (χ4n) is 1.45. The number of hydrogen-bond acceptors (Lipinski definition) is 5. The van der Waals surface area contributed by atoms with Gasteiger partial charge in [0.25, 0.3) is 0 Å². The number of anilines is 1. The molecule has 2 rings (SSSR count). The Balaban J connectivity index is 2.06. The van der Waals surface area contributed by atoms with Gasteiger partial charge in [-0.2, -0.15) is 0 Å². The standard InChI is InChI=1S/C9H14ClN3O2/c1-7(10)8-11-12-9(15-8)13-3-2-5-14-6-4-13/h7H,2-6H2,1H3. The largest absolute Gasteiger partial charge is 0.406 e. The molecule has 84 valence electrons. The quantitative estimate of drug-likeness (QED) is 0.724. The molecule has 1 unspecified atom stereocenters. The molecule has 1 fully saturated rings. The van der Waals surface area contributed by atoms with Crippen molar-refractivity contribution >= 4 is 17.6 Å². The first-order valence-electron chi connectivity index (χ1n) is 5.07. The monoisotopic (exact) mass is 231 g/mol. The van der Waals surface area contributed by atoms with Gasteiger partial charge in [0.2, 0.25) is 5.89 Å². The Kier molecular flexibility index (Phi) is 3.43. The van der Waals surface area contributed by atoms with Crippen LogP contribution >= 0.6 is 11.6 Å². The summed E-state index contributed by atoms with van der Waals surface area (Å²) in [5.74, 6) is 0.469. The van der Waals surface area contributed by atoms with Crippen LogP contribution in [0, 0.1) is 0 Å². The summed E-state index contributed by atoms with van der Waals surface area (Å²) in [6, 6.07) is 0.544. The second-order valence-electron chi connectivity index (χ2n) is 3.49. The van der Waals surface area contributed by atoms with Crippen LogP contribution in [-0.4, -0.2) is 36.5 Å². The van der Waals surface area contributed by atoms with Crippen LogP contribution in [-0.2, 0) is 4.74 Å². The minimum atomic E-state index is -0.241. The molecule has 6 heteroatoms.